The van der Waals surface area contributed by atoms with E-state index in [1.807, 2.05) is 12.1 Å². The first kappa shape index (κ1) is 24.2. The highest BCUT2D eigenvalue weighted by Gasteiger charge is 2.33. The van der Waals surface area contributed by atoms with Gasteiger partial charge in [-0.2, -0.15) is 13.2 Å². The van der Waals surface area contributed by atoms with E-state index in [2.05, 4.69) is 5.32 Å². The molecule has 0 bridgehead atoms. The average Bonchev–Trinajstić information content (AvgIpc) is 2.73. The van der Waals surface area contributed by atoms with E-state index in [0.29, 0.717) is 18.8 Å². The van der Waals surface area contributed by atoms with Crippen molar-refractivity contribution >= 4 is 17.5 Å². The van der Waals surface area contributed by atoms with Crippen molar-refractivity contribution in [3.63, 3.8) is 0 Å². The number of alkyl halides is 3. The number of hydrogen-bond acceptors (Lipinski definition) is 4. The maximum Gasteiger partial charge on any atom is 0.418 e. The van der Waals surface area contributed by atoms with Crippen LogP contribution >= 0.6 is 0 Å². The number of nitrogens with one attached hydrogen (secondary N) is 1. The molecule has 2 amide bonds. The van der Waals surface area contributed by atoms with Crippen molar-refractivity contribution < 1.29 is 27.5 Å². The summed E-state index contributed by atoms with van der Waals surface area (Å²) < 4.78 is 44.4. The molecule has 0 aliphatic carbocycles. The zero-order valence-corrected chi connectivity index (χ0v) is 17.7. The molecule has 0 unspecified atom stereocenters. The summed E-state index contributed by atoms with van der Waals surface area (Å²) >= 11 is 0. The highest BCUT2D eigenvalue weighted by Crippen LogP contribution is 2.34. The van der Waals surface area contributed by atoms with Crippen molar-refractivity contribution in [3.05, 3.63) is 59.7 Å². The second-order valence-corrected chi connectivity index (χ2v) is 6.99. The van der Waals surface area contributed by atoms with Crippen molar-refractivity contribution in [2.75, 3.05) is 39.1 Å². The summed E-state index contributed by atoms with van der Waals surface area (Å²) in [4.78, 5) is 27.9. The van der Waals surface area contributed by atoms with Gasteiger partial charge in [0, 0.05) is 13.6 Å². The molecule has 0 saturated carbocycles. The van der Waals surface area contributed by atoms with E-state index in [1.165, 1.54) is 23.1 Å². The van der Waals surface area contributed by atoms with Crippen LogP contribution in [0, 0.1) is 0 Å². The minimum Gasteiger partial charge on any atom is -0.497 e. The van der Waals surface area contributed by atoms with E-state index in [4.69, 9.17) is 4.74 Å². The summed E-state index contributed by atoms with van der Waals surface area (Å²) in [5, 5.41) is 2.30. The minimum absolute atomic E-state index is 0.0303. The van der Waals surface area contributed by atoms with Crippen molar-refractivity contribution in [1.29, 1.82) is 0 Å². The second-order valence-electron chi connectivity index (χ2n) is 6.99. The number of anilines is 1. The van der Waals surface area contributed by atoms with Crippen molar-refractivity contribution in [3.8, 4) is 5.75 Å². The maximum absolute atomic E-state index is 13.1. The topological polar surface area (TPSA) is 61.9 Å². The first-order valence-corrected chi connectivity index (χ1v) is 9.69. The Hall–Kier alpha value is -3.07. The Balaban J connectivity index is 1.93. The van der Waals surface area contributed by atoms with Gasteiger partial charge in [0.1, 0.15) is 5.75 Å². The number of halogens is 3. The van der Waals surface area contributed by atoms with E-state index < -0.39 is 17.6 Å². The fourth-order valence-corrected chi connectivity index (χ4v) is 2.92. The third-order valence-corrected chi connectivity index (χ3v) is 4.68. The number of likely N-dealkylation sites (N-methyl/N-ethyl adjacent to an activating group) is 2. The molecule has 31 heavy (non-hydrogen) atoms. The molecule has 0 aromatic heterocycles. The van der Waals surface area contributed by atoms with Gasteiger partial charge in [0.05, 0.1) is 31.5 Å². The molecule has 0 fully saturated rings. The number of carbonyl (C=O) groups is 2. The van der Waals surface area contributed by atoms with Crippen LogP contribution in [0.4, 0.5) is 18.9 Å². The van der Waals surface area contributed by atoms with Crippen molar-refractivity contribution in [2.45, 2.75) is 19.6 Å². The molecular formula is C22H26F3N3O3. The number of carbonyl (C=O) groups excluding carboxylic acids is 2. The summed E-state index contributed by atoms with van der Waals surface area (Å²) in [5.74, 6) is -0.113. The van der Waals surface area contributed by atoms with Gasteiger partial charge in [-0.3, -0.25) is 14.5 Å². The summed E-state index contributed by atoms with van der Waals surface area (Å²) in [6.07, 6.45) is -4.57. The molecule has 2 aromatic rings. The van der Waals surface area contributed by atoms with Crippen molar-refractivity contribution in [1.82, 2.24) is 9.80 Å². The first-order valence-electron chi connectivity index (χ1n) is 9.69. The molecule has 168 valence electrons. The Kier molecular flexibility index (Phi) is 8.44. The van der Waals surface area contributed by atoms with Gasteiger partial charge < -0.3 is 15.0 Å². The van der Waals surface area contributed by atoms with Gasteiger partial charge in [0.15, 0.2) is 0 Å². The monoisotopic (exact) mass is 437 g/mol. The number of benzene rings is 2. The van der Waals surface area contributed by atoms with Gasteiger partial charge in [-0.25, -0.2) is 0 Å². The molecule has 2 rings (SSSR count). The Morgan fingerprint density at radius 3 is 2.26 bits per heavy atom. The van der Waals surface area contributed by atoms with Crippen LogP contribution in [-0.2, 0) is 22.3 Å². The SMILES string of the molecule is CCN(CC(=O)Nc1ccccc1C(F)(F)F)CC(=O)N(C)Cc1ccc(OC)cc1. The number of hydrogen-bond donors (Lipinski definition) is 1. The normalized spacial score (nSPS) is 11.3. The van der Waals surface area contributed by atoms with Crippen LogP contribution in [0.2, 0.25) is 0 Å². The molecule has 6 nitrogen and oxygen atoms in total. The molecule has 2 aromatic carbocycles. The smallest absolute Gasteiger partial charge is 0.418 e. The van der Waals surface area contributed by atoms with Crippen LogP contribution < -0.4 is 10.1 Å². The molecule has 0 radical (unpaired) electrons. The first-order chi connectivity index (χ1) is 14.6. The van der Waals surface area contributed by atoms with Crippen LogP contribution in [-0.4, -0.2) is 55.4 Å². The lowest BCUT2D eigenvalue weighted by Crippen LogP contribution is -2.41. The predicted molar refractivity (Wildman–Crippen MR) is 112 cm³/mol. The number of ether oxygens (including phenoxy) is 1. The van der Waals surface area contributed by atoms with Crippen LogP contribution in [0.5, 0.6) is 5.75 Å². The Morgan fingerprint density at radius 1 is 1.03 bits per heavy atom. The lowest BCUT2D eigenvalue weighted by molar-refractivity contribution is -0.137. The van der Waals surface area contributed by atoms with Gasteiger partial charge in [-0.05, 0) is 36.4 Å². The summed E-state index contributed by atoms with van der Waals surface area (Å²) in [6.45, 7) is 2.30. The van der Waals surface area contributed by atoms with Gasteiger partial charge >= 0.3 is 6.18 Å². The van der Waals surface area contributed by atoms with Gasteiger partial charge in [0.25, 0.3) is 0 Å². The largest absolute Gasteiger partial charge is 0.497 e. The quantitative estimate of drug-likeness (QED) is 0.651. The Morgan fingerprint density at radius 2 is 1.68 bits per heavy atom. The number of nitrogens with zero attached hydrogens (tertiary/aromatic N) is 2. The number of rotatable bonds is 9. The van der Waals surface area contributed by atoms with Crippen LogP contribution in [0.15, 0.2) is 48.5 Å². The predicted octanol–water partition coefficient (Wildman–Crippen LogP) is 3.63. The molecule has 0 spiro atoms. The fraction of sp³-hybridized carbons (Fsp3) is 0.364. The van der Waals surface area contributed by atoms with Crippen LogP contribution in [0.25, 0.3) is 0 Å². The minimum atomic E-state index is -4.57. The third-order valence-electron chi connectivity index (χ3n) is 4.68. The highest BCUT2D eigenvalue weighted by molar-refractivity contribution is 5.93. The summed E-state index contributed by atoms with van der Waals surface area (Å²) in [5.41, 5.74) is -0.304. The molecule has 0 aliphatic rings. The molecule has 0 heterocycles. The average molecular weight is 437 g/mol. The van der Waals surface area contributed by atoms with Crippen molar-refractivity contribution in [2.24, 2.45) is 0 Å². The van der Waals surface area contributed by atoms with Gasteiger partial charge in [-0.15, -0.1) is 0 Å². The lowest BCUT2D eigenvalue weighted by atomic mass is 10.1. The maximum atomic E-state index is 13.1. The molecule has 0 aliphatic heterocycles. The van der Waals surface area contributed by atoms with E-state index in [-0.39, 0.29) is 24.7 Å². The Bertz CT molecular complexity index is 886. The molecule has 0 saturated heterocycles. The summed E-state index contributed by atoms with van der Waals surface area (Å²) in [6, 6.07) is 12.1. The molecule has 0 atom stereocenters. The van der Waals surface area contributed by atoms with E-state index >= 15 is 0 Å². The van der Waals surface area contributed by atoms with Crippen LogP contribution in [0.1, 0.15) is 18.1 Å². The highest BCUT2D eigenvalue weighted by atomic mass is 19.4. The fourth-order valence-electron chi connectivity index (χ4n) is 2.92. The number of amides is 2. The van der Waals surface area contributed by atoms with E-state index in [9.17, 15) is 22.8 Å². The van der Waals surface area contributed by atoms with Crippen LogP contribution in [0.3, 0.4) is 0 Å². The zero-order valence-electron chi connectivity index (χ0n) is 17.7. The van der Waals surface area contributed by atoms with E-state index in [1.54, 1.807) is 38.1 Å². The Labute approximate surface area is 179 Å². The third kappa shape index (κ3) is 7.29. The number of para-hydroxylation sites is 1. The second kappa shape index (κ2) is 10.8. The van der Waals surface area contributed by atoms with E-state index in [0.717, 1.165) is 11.6 Å². The molecule has 1 N–H and O–H groups in total. The molecule has 9 heteroatoms. The number of methoxy groups -OCH3 is 1. The summed E-state index contributed by atoms with van der Waals surface area (Å²) in [7, 11) is 3.22. The standard InChI is InChI=1S/C22H26F3N3O3/c1-4-28(14-20(29)26-19-8-6-5-7-18(19)22(23,24)25)15-21(30)27(2)13-16-9-11-17(31-3)12-10-16/h5-12H,4,13-15H2,1-3H3,(H,26,29). The van der Waals surface area contributed by atoms with Gasteiger partial charge in [0.2, 0.25) is 11.8 Å². The van der Waals surface area contributed by atoms with Gasteiger partial charge in [-0.1, -0.05) is 31.2 Å². The zero-order chi connectivity index (χ0) is 23.0. The molecular weight excluding hydrogens is 411 g/mol. The lowest BCUT2D eigenvalue weighted by Gasteiger charge is -2.24.